The van der Waals surface area contributed by atoms with E-state index in [1.807, 2.05) is 11.8 Å². The standard InChI is InChI=1S/C11H19N3O2S2/c1-8-11(9(2)14-13-8)18(15,16)12-7-10-3-5-17-6-4-10/h10,12H,3-7H2,1-2H3,(H,13,14). The van der Waals surface area contributed by atoms with Crippen molar-refractivity contribution in [3.05, 3.63) is 11.4 Å². The molecule has 2 N–H and O–H groups in total. The third-order valence-electron chi connectivity index (χ3n) is 3.23. The predicted molar refractivity (Wildman–Crippen MR) is 73.3 cm³/mol. The largest absolute Gasteiger partial charge is 0.281 e. The third-order valence-corrected chi connectivity index (χ3v) is 5.97. The number of thioether (sulfide) groups is 1. The summed E-state index contributed by atoms with van der Waals surface area (Å²) in [5.41, 5.74) is 1.12. The first kappa shape index (κ1) is 13.9. The Labute approximate surface area is 112 Å². The second-order valence-corrected chi connectivity index (χ2v) is 7.60. The van der Waals surface area contributed by atoms with Crippen LogP contribution in [0, 0.1) is 19.8 Å². The fourth-order valence-electron chi connectivity index (χ4n) is 2.19. The van der Waals surface area contributed by atoms with E-state index in [-0.39, 0.29) is 0 Å². The summed E-state index contributed by atoms with van der Waals surface area (Å²) in [6.07, 6.45) is 2.19. The normalized spacial score (nSPS) is 18.1. The van der Waals surface area contributed by atoms with Crippen LogP contribution < -0.4 is 4.72 Å². The first-order chi connectivity index (χ1) is 8.50. The summed E-state index contributed by atoms with van der Waals surface area (Å²) in [5.74, 6) is 2.74. The molecular weight excluding hydrogens is 270 g/mol. The summed E-state index contributed by atoms with van der Waals surface area (Å²) >= 11 is 1.94. The smallest absolute Gasteiger partial charge is 0.244 e. The van der Waals surface area contributed by atoms with Gasteiger partial charge in [-0.1, -0.05) is 0 Å². The summed E-state index contributed by atoms with van der Waals surface area (Å²) < 4.78 is 27.1. The van der Waals surface area contributed by atoms with Gasteiger partial charge in [0.25, 0.3) is 0 Å². The van der Waals surface area contributed by atoms with Crippen LogP contribution in [-0.4, -0.2) is 36.7 Å². The maximum atomic E-state index is 12.2. The van der Waals surface area contributed by atoms with Crippen molar-refractivity contribution in [2.75, 3.05) is 18.1 Å². The highest BCUT2D eigenvalue weighted by Gasteiger charge is 2.23. The molecule has 5 nitrogen and oxygen atoms in total. The average Bonchev–Trinajstić information content (AvgIpc) is 2.69. The number of nitrogens with one attached hydrogen (secondary N) is 2. The molecule has 0 atom stereocenters. The van der Waals surface area contributed by atoms with Gasteiger partial charge < -0.3 is 0 Å². The average molecular weight is 289 g/mol. The molecule has 0 bridgehead atoms. The Balaban J connectivity index is 2.03. The van der Waals surface area contributed by atoms with Crippen molar-refractivity contribution < 1.29 is 8.42 Å². The van der Waals surface area contributed by atoms with Crippen LogP contribution in [0.25, 0.3) is 0 Å². The molecule has 0 spiro atoms. The summed E-state index contributed by atoms with van der Waals surface area (Å²) in [5, 5.41) is 6.64. The van der Waals surface area contributed by atoms with E-state index >= 15 is 0 Å². The highest BCUT2D eigenvalue weighted by atomic mass is 32.2. The maximum absolute atomic E-state index is 12.2. The van der Waals surface area contributed by atoms with E-state index in [1.165, 1.54) is 0 Å². The molecule has 102 valence electrons. The Morgan fingerprint density at radius 1 is 1.39 bits per heavy atom. The van der Waals surface area contributed by atoms with Crippen LogP contribution in [0.5, 0.6) is 0 Å². The molecule has 0 aromatic carbocycles. The van der Waals surface area contributed by atoms with Gasteiger partial charge in [0.1, 0.15) is 4.90 Å². The fraction of sp³-hybridized carbons (Fsp3) is 0.727. The van der Waals surface area contributed by atoms with Crippen molar-refractivity contribution >= 4 is 21.8 Å². The molecule has 18 heavy (non-hydrogen) atoms. The zero-order valence-corrected chi connectivity index (χ0v) is 12.3. The van der Waals surface area contributed by atoms with E-state index in [1.54, 1.807) is 13.8 Å². The van der Waals surface area contributed by atoms with Crippen LogP contribution in [0.2, 0.25) is 0 Å². The SMILES string of the molecule is Cc1n[nH]c(C)c1S(=O)(=O)NCC1CCSCC1. The van der Waals surface area contributed by atoms with Crippen molar-refractivity contribution in [3.63, 3.8) is 0 Å². The van der Waals surface area contributed by atoms with E-state index in [9.17, 15) is 8.42 Å². The number of rotatable bonds is 4. The van der Waals surface area contributed by atoms with Gasteiger partial charge in [-0.05, 0) is 44.1 Å². The van der Waals surface area contributed by atoms with Gasteiger partial charge in [-0.3, -0.25) is 5.10 Å². The second-order valence-electron chi connectivity index (χ2n) is 4.67. The Morgan fingerprint density at radius 3 is 2.61 bits per heavy atom. The number of aromatic nitrogens is 2. The lowest BCUT2D eigenvalue weighted by molar-refractivity contribution is 0.476. The van der Waals surface area contributed by atoms with E-state index in [0.717, 1.165) is 24.3 Å². The van der Waals surface area contributed by atoms with Crippen LogP contribution in [0.4, 0.5) is 0 Å². The van der Waals surface area contributed by atoms with Gasteiger partial charge in [0, 0.05) is 6.54 Å². The lowest BCUT2D eigenvalue weighted by Gasteiger charge is -2.21. The number of aromatic amines is 1. The molecule has 1 aliphatic rings. The topological polar surface area (TPSA) is 74.8 Å². The monoisotopic (exact) mass is 289 g/mol. The molecule has 1 fully saturated rings. The van der Waals surface area contributed by atoms with E-state index < -0.39 is 10.0 Å². The lowest BCUT2D eigenvalue weighted by Crippen LogP contribution is -2.31. The highest BCUT2D eigenvalue weighted by Crippen LogP contribution is 2.23. The minimum atomic E-state index is -3.43. The molecule has 0 amide bonds. The van der Waals surface area contributed by atoms with Crippen LogP contribution in [-0.2, 0) is 10.0 Å². The minimum Gasteiger partial charge on any atom is -0.281 e. The number of hydrogen-bond donors (Lipinski definition) is 2. The Hall–Kier alpha value is -0.530. The quantitative estimate of drug-likeness (QED) is 0.879. The number of aryl methyl sites for hydroxylation is 2. The van der Waals surface area contributed by atoms with E-state index in [2.05, 4.69) is 14.9 Å². The first-order valence-corrected chi connectivity index (χ1v) is 8.73. The molecule has 0 unspecified atom stereocenters. The summed E-state index contributed by atoms with van der Waals surface area (Å²) in [6, 6.07) is 0. The molecule has 0 saturated carbocycles. The van der Waals surface area contributed by atoms with Crippen molar-refractivity contribution in [2.24, 2.45) is 5.92 Å². The highest BCUT2D eigenvalue weighted by molar-refractivity contribution is 7.99. The molecule has 1 aliphatic heterocycles. The van der Waals surface area contributed by atoms with Crippen molar-refractivity contribution in [3.8, 4) is 0 Å². The second kappa shape index (κ2) is 5.63. The van der Waals surface area contributed by atoms with Gasteiger partial charge in [-0.2, -0.15) is 16.9 Å². The summed E-state index contributed by atoms with van der Waals surface area (Å²) in [4.78, 5) is 0.299. The van der Waals surface area contributed by atoms with Crippen molar-refractivity contribution in [2.45, 2.75) is 31.6 Å². The minimum absolute atomic E-state index is 0.299. The fourth-order valence-corrected chi connectivity index (χ4v) is 4.87. The molecule has 0 radical (unpaired) electrons. The van der Waals surface area contributed by atoms with Gasteiger partial charge in [0.15, 0.2) is 0 Å². The third kappa shape index (κ3) is 3.07. The van der Waals surface area contributed by atoms with Crippen LogP contribution in [0.1, 0.15) is 24.2 Å². The van der Waals surface area contributed by atoms with Gasteiger partial charge >= 0.3 is 0 Å². The first-order valence-electron chi connectivity index (χ1n) is 6.09. The predicted octanol–water partition coefficient (Wildman–Crippen LogP) is 1.45. The lowest BCUT2D eigenvalue weighted by atomic mass is 10.0. The number of hydrogen-bond acceptors (Lipinski definition) is 4. The van der Waals surface area contributed by atoms with Crippen molar-refractivity contribution in [1.29, 1.82) is 0 Å². The molecule has 1 aromatic rings. The van der Waals surface area contributed by atoms with Gasteiger partial charge in [0.05, 0.1) is 11.4 Å². The van der Waals surface area contributed by atoms with Gasteiger partial charge in [-0.15, -0.1) is 0 Å². The van der Waals surface area contributed by atoms with Gasteiger partial charge in [-0.25, -0.2) is 13.1 Å². The molecule has 1 saturated heterocycles. The van der Waals surface area contributed by atoms with E-state index in [0.29, 0.717) is 28.7 Å². The van der Waals surface area contributed by atoms with Crippen LogP contribution in [0.15, 0.2) is 4.90 Å². The molecule has 1 aromatic heterocycles. The Bertz CT molecular complexity index is 485. The molecule has 7 heteroatoms. The zero-order chi connectivity index (χ0) is 13.2. The van der Waals surface area contributed by atoms with Gasteiger partial charge in [0.2, 0.25) is 10.0 Å². The number of H-pyrrole nitrogens is 1. The molecule has 0 aliphatic carbocycles. The Kier molecular flexibility index (Phi) is 4.34. The van der Waals surface area contributed by atoms with Crippen molar-refractivity contribution in [1.82, 2.24) is 14.9 Å². The number of nitrogens with zero attached hydrogens (tertiary/aromatic N) is 1. The summed E-state index contributed by atoms with van der Waals surface area (Å²) in [6.45, 7) is 3.97. The zero-order valence-electron chi connectivity index (χ0n) is 10.7. The number of sulfonamides is 1. The molecule has 2 rings (SSSR count). The Morgan fingerprint density at radius 2 is 2.06 bits per heavy atom. The van der Waals surface area contributed by atoms with Crippen LogP contribution in [0.3, 0.4) is 0 Å². The van der Waals surface area contributed by atoms with E-state index in [4.69, 9.17) is 0 Å². The van der Waals surface area contributed by atoms with Crippen LogP contribution >= 0.6 is 11.8 Å². The maximum Gasteiger partial charge on any atom is 0.244 e. The molecular formula is C11H19N3O2S2. The summed E-state index contributed by atoms with van der Waals surface area (Å²) in [7, 11) is -3.43. The molecule has 2 heterocycles.